The Balaban J connectivity index is 2.11. The van der Waals surface area contributed by atoms with Crippen molar-refractivity contribution in [2.24, 2.45) is 0 Å². The molecule has 5 nitrogen and oxygen atoms in total. The number of rotatable bonds is 3. The highest BCUT2D eigenvalue weighted by molar-refractivity contribution is 5.14. The Morgan fingerprint density at radius 1 is 1.06 bits per heavy atom. The molecule has 0 atom stereocenters. The molecular formula is C11H12N4O. The van der Waals surface area contributed by atoms with Crippen LogP contribution in [0.1, 0.15) is 17.1 Å². The van der Waals surface area contributed by atoms with Crippen LogP contribution in [0.15, 0.2) is 24.5 Å². The van der Waals surface area contributed by atoms with Crippen molar-refractivity contribution in [1.29, 1.82) is 0 Å². The fraction of sp³-hybridized carbons (Fsp3) is 0.273. The van der Waals surface area contributed by atoms with Gasteiger partial charge in [-0.15, -0.1) is 0 Å². The molecule has 2 aromatic heterocycles. The van der Waals surface area contributed by atoms with Gasteiger partial charge < -0.3 is 4.74 Å². The molecule has 16 heavy (non-hydrogen) atoms. The van der Waals surface area contributed by atoms with Gasteiger partial charge in [0.05, 0.1) is 36.6 Å². The Labute approximate surface area is 93.5 Å². The number of aryl methyl sites for hydroxylation is 1. The van der Waals surface area contributed by atoms with E-state index in [2.05, 4.69) is 20.2 Å². The van der Waals surface area contributed by atoms with Crippen molar-refractivity contribution in [2.45, 2.75) is 13.3 Å². The molecule has 0 aromatic carbocycles. The Morgan fingerprint density at radius 2 is 1.94 bits per heavy atom. The maximum Gasteiger partial charge on any atom is 0.231 e. The van der Waals surface area contributed by atoms with Gasteiger partial charge in [0.1, 0.15) is 0 Å². The van der Waals surface area contributed by atoms with Crippen LogP contribution in [0, 0.1) is 6.92 Å². The van der Waals surface area contributed by atoms with Crippen LogP contribution in [0.4, 0.5) is 0 Å². The lowest BCUT2D eigenvalue weighted by Gasteiger charge is -2.01. The summed E-state index contributed by atoms with van der Waals surface area (Å²) >= 11 is 0. The van der Waals surface area contributed by atoms with Gasteiger partial charge in [-0.2, -0.15) is 10.2 Å². The summed E-state index contributed by atoms with van der Waals surface area (Å²) in [6, 6.07) is 3.87. The summed E-state index contributed by atoms with van der Waals surface area (Å²) in [7, 11) is 1.56. The molecule has 0 amide bonds. The molecule has 0 radical (unpaired) electrons. The minimum absolute atomic E-state index is 0.513. The Hall–Kier alpha value is -2.04. The molecule has 0 fully saturated rings. The third kappa shape index (κ3) is 2.50. The van der Waals surface area contributed by atoms with Crippen LogP contribution in [-0.4, -0.2) is 27.3 Å². The smallest absolute Gasteiger partial charge is 0.231 e. The lowest BCUT2D eigenvalue weighted by molar-refractivity contribution is 0.395. The first-order chi connectivity index (χ1) is 7.78. The van der Waals surface area contributed by atoms with Crippen molar-refractivity contribution in [3.63, 3.8) is 0 Å². The topological polar surface area (TPSA) is 60.8 Å². The van der Waals surface area contributed by atoms with Crippen LogP contribution in [0.3, 0.4) is 0 Å². The zero-order chi connectivity index (χ0) is 11.4. The molecule has 0 N–H and O–H groups in total. The number of methoxy groups -OCH3 is 1. The van der Waals surface area contributed by atoms with E-state index in [-0.39, 0.29) is 0 Å². The third-order valence-electron chi connectivity index (χ3n) is 2.11. The summed E-state index contributed by atoms with van der Waals surface area (Å²) in [5, 5.41) is 8.05. The fourth-order valence-electron chi connectivity index (χ4n) is 1.25. The van der Waals surface area contributed by atoms with E-state index in [0.717, 1.165) is 17.1 Å². The summed E-state index contributed by atoms with van der Waals surface area (Å²) in [6.07, 6.45) is 3.90. The summed E-state index contributed by atoms with van der Waals surface area (Å²) < 4.78 is 4.93. The molecule has 0 saturated carbocycles. The highest BCUT2D eigenvalue weighted by atomic mass is 16.5. The molecule has 82 valence electrons. The standard InChI is InChI=1S/C11H12N4O/c1-8-3-4-9(15-14-8)5-10-6-13-11(16-2)7-12-10/h3-4,6-7H,5H2,1-2H3. The molecule has 0 aliphatic rings. The van der Waals surface area contributed by atoms with E-state index in [0.29, 0.717) is 12.3 Å². The molecule has 0 aliphatic heterocycles. The maximum absolute atomic E-state index is 4.93. The molecule has 2 rings (SSSR count). The number of hydrogen-bond acceptors (Lipinski definition) is 5. The molecular weight excluding hydrogens is 204 g/mol. The zero-order valence-electron chi connectivity index (χ0n) is 9.21. The third-order valence-corrected chi connectivity index (χ3v) is 2.11. The highest BCUT2D eigenvalue weighted by Gasteiger charge is 2.01. The molecule has 0 aliphatic carbocycles. The van der Waals surface area contributed by atoms with Crippen molar-refractivity contribution < 1.29 is 4.74 Å². The van der Waals surface area contributed by atoms with Gasteiger partial charge >= 0.3 is 0 Å². The Morgan fingerprint density at radius 3 is 2.50 bits per heavy atom. The minimum Gasteiger partial charge on any atom is -0.480 e. The van der Waals surface area contributed by atoms with Crippen LogP contribution >= 0.6 is 0 Å². The lowest BCUT2D eigenvalue weighted by Crippen LogP contribution is -1.99. The molecule has 0 spiro atoms. The van der Waals surface area contributed by atoms with E-state index < -0.39 is 0 Å². The predicted molar refractivity (Wildman–Crippen MR) is 58.2 cm³/mol. The fourth-order valence-corrected chi connectivity index (χ4v) is 1.25. The second-order valence-corrected chi connectivity index (χ2v) is 3.39. The van der Waals surface area contributed by atoms with Crippen LogP contribution in [0.25, 0.3) is 0 Å². The van der Waals surface area contributed by atoms with Crippen molar-refractivity contribution in [2.75, 3.05) is 7.11 Å². The second kappa shape index (κ2) is 4.65. The predicted octanol–water partition coefficient (Wildman–Crippen LogP) is 1.17. The van der Waals surface area contributed by atoms with Gasteiger partial charge in [-0.3, -0.25) is 4.98 Å². The first-order valence-electron chi connectivity index (χ1n) is 4.92. The van der Waals surface area contributed by atoms with Gasteiger partial charge in [-0.05, 0) is 19.1 Å². The summed E-state index contributed by atoms with van der Waals surface area (Å²) in [4.78, 5) is 8.29. The molecule has 0 saturated heterocycles. The van der Waals surface area contributed by atoms with Gasteiger partial charge in [0, 0.05) is 6.42 Å². The van der Waals surface area contributed by atoms with E-state index in [9.17, 15) is 0 Å². The van der Waals surface area contributed by atoms with Crippen molar-refractivity contribution in [3.05, 3.63) is 41.6 Å². The summed E-state index contributed by atoms with van der Waals surface area (Å²) in [5.41, 5.74) is 2.63. The normalized spacial score (nSPS) is 10.1. The second-order valence-electron chi connectivity index (χ2n) is 3.39. The van der Waals surface area contributed by atoms with Crippen LogP contribution in [0.5, 0.6) is 5.88 Å². The van der Waals surface area contributed by atoms with Gasteiger partial charge in [0.15, 0.2) is 0 Å². The minimum atomic E-state index is 0.513. The van der Waals surface area contributed by atoms with Crippen LogP contribution in [0.2, 0.25) is 0 Å². The van der Waals surface area contributed by atoms with Gasteiger partial charge in [0.2, 0.25) is 5.88 Å². The Bertz CT molecular complexity index is 452. The number of ether oxygens (including phenoxy) is 1. The molecule has 2 aromatic rings. The average Bonchev–Trinajstić information content (AvgIpc) is 2.33. The summed E-state index contributed by atoms with van der Waals surface area (Å²) in [6.45, 7) is 1.91. The summed E-state index contributed by atoms with van der Waals surface area (Å²) in [5.74, 6) is 0.513. The van der Waals surface area contributed by atoms with E-state index in [1.165, 1.54) is 0 Å². The number of hydrogen-bond donors (Lipinski definition) is 0. The monoisotopic (exact) mass is 216 g/mol. The quantitative estimate of drug-likeness (QED) is 0.770. The first kappa shape index (κ1) is 10.5. The average molecular weight is 216 g/mol. The van der Waals surface area contributed by atoms with E-state index in [4.69, 9.17) is 4.74 Å². The highest BCUT2D eigenvalue weighted by Crippen LogP contribution is 2.06. The number of nitrogens with zero attached hydrogens (tertiary/aromatic N) is 4. The van der Waals surface area contributed by atoms with Gasteiger partial charge in [-0.1, -0.05) is 0 Å². The van der Waals surface area contributed by atoms with Crippen molar-refractivity contribution in [3.8, 4) is 5.88 Å². The van der Waals surface area contributed by atoms with Gasteiger partial charge in [-0.25, -0.2) is 4.98 Å². The Kier molecular flexibility index (Phi) is 3.05. The molecule has 0 unspecified atom stereocenters. The number of aromatic nitrogens is 4. The van der Waals surface area contributed by atoms with Crippen LogP contribution < -0.4 is 4.74 Å². The molecule has 2 heterocycles. The molecule has 5 heteroatoms. The maximum atomic E-state index is 4.93. The first-order valence-corrected chi connectivity index (χ1v) is 4.92. The van der Waals surface area contributed by atoms with E-state index >= 15 is 0 Å². The van der Waals surface area contributed by atoms with Crippen LogP contribution in [-0.2, 0) is 6.42 Å². The van der Waals surface area contributed by atoms with Gasteiger partial charge in [0.25, 0.3) is 0 Å². The zero-order valence-corrected chi connectivity index (χ0v) is 9.21. The SMILES string of the molecule is COc1cnc(Cc2ccc(C)nn2)cn1. The van der Waals surface area contributed by atoms with Crippen molar-refractivity contribution in [1.82, 2.24) is 20.2 Å². The van der Waals surface area contributed by atoms with E-state index in [1.807, 2.05) is 19.1 Å². The molecule has 0 bridgehead atoms. The largest absolute Gasteiger partial charge is 0.480 e. The van der Waals surface area contributed by atoms with Crippen molar-refractivity contribution >= 4 is 0 Å². The lowest BCUT2D eigenvalue weighted by atomic mass is 10.2. The van der Waals surface area contributed by atoms with E-state index in [1.54, 1.807) is 19.5 Å².